The summed E-state index contributed by atoms with van der Waals surface area (Å²) in [4.78, 5) is 0. The zero-order valence-electron chi connectivity index (χ0n) is 11.5. The molecule has 1 saturated heterocycles. The van der Waals surface area contributed by atoms with Crippen molar-refractivity contribution < 1.29 is 22.1 Å². The Kier molecular flexibility index (Phi) is 5.54. The number of hydrogen-bond donors (Lipinski definition) is 0. The van der Waals surface area contributed by atoms with E-state index in [1.54, 1.807) is 0 Å². The molecule has 2 rings (SSSR count). The van der Waals surface area contributed by atoms with Crippen molar-refractivity contribution in [2.75, 3.05) is 19.5 Å². The van der Waals surface area contributed by atoms with Gasteiger partial charge in [0.1, 0.15) is 0 Å². The van der Waals surface area contributed by atoms with E-state index in [9.17, 15) is 8.42 Å². The third-order valence-electron chi connectivity index (χ3n) is 3.05. The van der Waals surface area contributed by atoms with Crippen LogP contribution in [0, 0.1) is 0 Å². The van der Waals surface area contributed by atoms with Crippen LogP contribution in [0.5, 0.6) is 0 Å². The zero-order chi connectivity index (χ0) is 14.4. The molecular weight excluding hydrogens is 280 g/mol. The molecule has 0 amide bonds. The Morgan fingerprint density at radius 1 is 1.30 bits per heavy atom. The minimum atomic E-state index is -3.41. The summed E-state index contributed by atoms with van der Waals surface area (Å²) in [5, 5.41) is 0. The van der Waals surface area contributed by atoms with E-state index >= 15 is 0 Å². The molecule has 0 bridgehead atoms. The molecule has 6 heteroatoms. The van der Waals surface area contributed by atoms with Gasteiger partial charge in [0.15, 0.2) is 0 Å². The van der Waals surface area contributed by atoms with Crippen LogP contribution >= 0.6 is 0 Å². The average Bonchev–Trinajstić information content (AvgIpc) is 2.38. The van der Waals surface area contributed by atoms with Crippen LogP contribution in [0.2, 0.25) is 0 Å². The second kappa shape index (κ2) is 7.17. The molecule has 0 spiro atoms. The lowest BCUT2D eigenvalue weighted by atomic mass is 10.1. The van der Waals surface area contributed by atoms with Crippen molar-refractivity contribution in [3.05, 3.63) is 35.9 Å². The fourth-order valence-corrected chi connectivity index (χ4v) is 2.85. The second-order valence-electron chi connectivity index (χ2n) is 4.94. The molecule has 0 radical (unpaired) electrons. The van der Waals surface area contributed by atoms with Crippen molar-refractivity contribution in [2.45, 2.75) is 31.7 Å². The maximum Gasteiger partial charge on any atom is 0.264 e. The first-order valence-electron chi connectivity index (χ1n) is 6.64. The van der Waals surface area contributed by atoms with E-state index in [0.717, 1.165) is 11.8 Å². The molecule has 1 fully saturated rings. The smallest absolute Gasteiger partial charge is 0.264 e. The van der Waals surface area contributed by atoms with Gasteiger partial charge in [-0.3, -0.25) is 4.18 Å². The molecular formula is C14H20O5S. The van der Waals surface area contributed by atoms with Crippen LogP contribution in [0.25, 0.3) is 0 Å². The first-order valence-corrected chi connectivity index (χ1v) is 8.46. The lowest BCUT2D eigenvalue weighted by molar-refractivity contribution is -0.0743. The van der Waals surface area contributed by atoms with Gasteiger partial charge in [-0.15, -0.1) is 0 Å². The fraction of sp³-hybridized carbons (Fsp3) is 0.571. The molecule has 1 heterocycles. The van der Waals surface area contributed by atoms with Crippen LogP contribution < -0.4 is 0 Å². The molecule has 0 unspecified atom stereocenters. The van der Waals surface area contributed by atoms with E-state index in [-0.39, 0.29) is 12.2 Å². The first-order chi connectivity index (χ1) is 9.53. The van der Waals surface area contributed by atoms with Gasteiger partial charge < -0.3 is 9.47 Å². The predicted octanol–water partition coefficient (Wildman–Crippen LogP) is 1.73. The molecule has 20 heavy (non-hydrogen) atoms. The summed E-state index contributed by atoms with van der Waals surface area (Å²) in [7, 11) is -3.41. The second-order valence-corrected chi connectivity index (χ2v) is 6.54. The first kappa shape index (κ1) is 15.4. The Bertz CT molecular complexity index is 500. The predicted molar refractivity (Wildman–Crippen MR) is 74.8 cm³/mol. The number of ether oxygens (including phenoxy) is 2. The van der Waals surface area contributed by atoms with E-state index in [1.807, 2.05) is 30.3 Å². The monoisotopic (exact) mass is 300 g/mol. The number of rotatable bonds is 6. The Hall–Kier alpha value is -0.950. The number of benzene rings is 1. The van der Waals surface area contributed by atoms with Gasteiger partial charge in [-0.25, -0.2) is 0 Å². The van der Waals surface area contributed by atoms with Crippen molar-refractivity contribution in [3.8, 4) is 0 Å². The average molecular weight is 300 g/mol. The van der Waals surface area contributed by atoms with E-state index in [2.05, 4.69) is 0 Å². The quantitative estimate of drug-likeness (QED) is 0.749. The van der Waals surface area contributed by atoms with Crippen LogP contribution in [-0.2, 0) is 30.4 Å². The molecule has 0 aliphatic carbocycles. The molecule has 1 aliphatic heterocycles. The standard InChI is InChI=1S/C14H20O5S/c1-20(15,16)19-13-7-8-18-14(9-13)11-17-10-12-5-3-2-4-6-12/h2-6,13-14H,7-11H2,1H3/t13-,14+/m1/s1. The van der Waals surface area contributed by atoms with E-state index < -0.39 is 10.1 Å². The van der Waals surface area contributed by atoms with Crippen LogP contribution in [0.15, 0.2) is 30.3 Å². The van der Waals surface area contributed by atoms with Gasteiger partial charge in [0, 0.05) is 13.0 Å². The Morgan fingerprint density at radius 3 is 2.75 bits per heavy atom. The van der Waals surface area contributed by atoms with Gasteiger partial charge in [0.25, 0.3) is 10.1 Å². The van der Waals surface area contributed by atoms with Gasteiger partial charge in [0.05, 0.1) is 31.7 Å². The van der Waals surface area contributed by atoms with E-state index in [4.69, 9.17) is 13.7 Å². The Morgan fingerprint density at radius 2 is 2.05 bits per heavy atom. The number of hydrogen-bond acceptors (Lipinski definition) is 5. The van der Waals surface area contributed by atoms with Crippen LogP contribution in [0.4, 0.5) is 0 Å². The highest BCUT2D eigenvalue weighted by atomic mass is 32.2. The van der Waals surface area contributed by atoms with Crippen molar-refractivity contribution in [2.24, 2.45) is 0 Å². The highest BCUT2D eigenvalue weighted by Gasteiger charge is 2.26. The maximum atomic E-state index is 11.1. The molecule has 1 aromatic rings. The van der Waals surface area contributed by atoms with Gasteiger partial charge in [0.2, 0.25) is 0 Å². The third-order valence-corrected chi connectivity index (χ3v) is 3.67. The fourth-order valence-electron chi connectivity index (χ4n) is 2.18. The van der Waals surface area contributed by atoms with Gasteiger partial charge in [-0.2, -0.15) is 8.42 Å². The largest absolute Gasteiger partial charge is 0.376 e. The van der Waals surface area contributed by atoms with Crippen LogP contribution in [0.3, 0.4) is 0 Å². The summed E-state index contributed by atoms with van der Waals surface area (Å²) in [6, 6.07) is 9.88. The summed E-state index contributed by atoms with van der Waals surface area (Å²) in [6.45, 7) is 1.47. The molecule has 0 aromatic heterocycles. The SMILES string of the molecule is CS(=O)(=O)O[C@@H]1CCO[C@H](COCc2ccccc2)C1. The summed E-state index contributed by atoms with van der Waals surface area (Å²) in [5.74, 6) is 0. The summed E-state index contributed by atoms with van der Waals surface area (Å²) in [6.07, 6.45) is 1.80. The minimum Gasteiger partial charge on any atom is -0.376 e. The lowest BCUT2D eigenvalue weighted by Crippen LogP contribution is -2.34. The van der Waals surface area contributed by atoms with Crippen molar-refractivity contribution >= 4 is 10.1 Å². The topological polar surface area (TPSA) is 61.8 Å². The molecule has 112 valence electrons. The van der Waals surface area contributed by atoms with E-state index in [1.165, 1.54) is 0 Å². The van der Waals surface area contributed by atoms with Gasteiger partial charge in [-0.1, -0.05) is 30.3 Å². The van der Waals surface area contributed by atoms with Crippen LogP contribution in [-0.4, -0.2) is 40.1 Å². The third kappa shape index (κ3) is 5.58. The normalized spacial score (nSPS) is 23.6. The Labute approximate surface area is 120 Å². The summed E-state index contributed by atoms with van der Waals surface area (Å²) < 4.78 is 38.4. The molecule has 0 saturated carbocycles. The summed E-state index contributed by atoms with van der Waals surface area (Å²) >= 11 is 0. The Balaban J connectivity index is 1.73. The van der Waals surface area contributed by atoms with Gasteiger partial charge in [-0.05, 0) is 12.0 Å². The molecule has 1 aliphatic rings. The van der Waals surface area contributed by atoms with E-state index in [0.29, 0.717) is 32.7 Å². The zero-order valence-corrected chi connectivity index (χ0v) is 12.3. The van der Waals surface area contributed by atoms with Crippen molar-refractivity contribution in [3.63, 3.8) is 0 Å². The molecule has 5 nitrogen and oxygen atoms in total. The minimum absolute atomic E-state index is 0.112. The molecule has 1 aromatic carbocycles. The highest BCUT2D eigenvalue weighted by molar-refractivity contribution is 7.86. The van der Waals surface area contributed by atoms with Crippen LogP contribution in [0.1, 0.15) is 18.4 Å². The lowest BCUT2D eigenvalue weighted by Gasteiger charge is -2.28. The highest BCUT2D eigenvalue weighted by Crippen LogP contribution is 2.19. The van der Waals surface area contributed by atoms with Gasteiger partial charge >= 0.3 is 0 Å². The molecule has 2 atom stereocenters. The summed E-state index contributed by atoms with van der Waals surface area (Å²) in [5.41, 5.74) is 1.10. The van der Waals surface area contributed by atoms with Crippen molar-refractivity contribution in [1.82, 2.24) is 0 Å². The maximum absolute atomic E-state index is 11.1. The van der Waals surface area contributed by atoms with Crippen molar-refractivity contribution in [1.29, 1.82) is 0 Å². The molecule has 0 N–H and O–H groups in total.